The lowest BCUT2D eigenvalue weighted by atomic mass is 10.1. The Bertz CT molecular complexity index is 451. The smallest absolute Gasteiger partial charge is 0.252 e. The fourth-order valence-corrected chi connectivity index (χ4v) is 3.14. The molecule has 0 bridgehead atoms. The fraction of sp³-hybridized carbons (Fsp3) is 0.500. The van der Waals surface area contributed by atoms with Gasteiger partial charge in [-0.05, 0) is 49.9 Å². The number of carbonyl (C=O) groups is 1. The van der Waals surface area contributed by atoms with Crippen molar-refractivity contribution in [2.45, 2.75) is 30.7 Å². The molecule has 1 amide bonds. The molecule has 3 nitrogen and oxygen atoms in total. The summed E-state index contributed by atoms with van der Waals surface area (Å²) in [6, 6.07) is 5.79. The van der Waals surface area contributed by atoms with Crippen LogP contribution < -0.4 is 10.6 Å². The Morgan fingerprint density at radius 2 is 2.15 bits per heavy atom. The standard InChI is InChI=1S/C14H19ClN2OS.ClH/c1-2-19-13-4-3-10(15)9-12(13)14(18)17-11-5-7-16-8-6-11;/h3-4,9,11,16H,2,5-8H2,1H3,(H,17,18);1H. The van der Waals surface area contributed by atoms with E-state index in [2.05, 4.69) is 17.6 Å². The molecule has 0 atom stereocenters. The van der Waals surface area contributed by atoms with Crippen LogP contribution in [0.15, 0.2) is 23.1 Å². The number of thioether (sulfide) groups is 1. The maximum absolute atomic E-state index is 12.4. The first kappa shape index (κ1) is 17.6. The highest BCUT2D eigenvalue weighted by molar-refractivity contribution is 7.99. The highest BCUT2D eigenvalue weighted by Crippen LogP contribution is 2.25. The van der Waals surface area contributed by atoms with Crippen LogP contribution >= 0.6 is 35.8 Å². The molecule has 1 aromatic rings. The monoisotopic (exact) mass is 334 g/mol. The summed E-state index contributed by atoms with van der Waals surface area (Å²) in [6.45, 7) is 4.02. The normalized spacial score (nSPS) is 15.5. The second kappa shape index (κ2) is 8.78. The van der Waals surface area contributed by atoms with Crippen molar-refractivity contribution in [3.8, 4) is 0 Å². The third-order valence-electron chi connectivity index (χ3n) is 3.16. The minimum absolute atomic E-state index is 0. The van der Waals surface area contributed by atoms with Gasteiger partial charge in [0.05, 0.1) is 5.56 Å². The molecule has 1 aliphatic heterocycles. The van der Waals surface area contributed by atoms with E-state index in [9.17, 15) is 4.79 Å². The van der Waals surface area contributed by atoms with Gasteiger partial charge in [0.15, 0.2) is 0 Å². The summed E-state index contributed by atoms with van der Waals surface area (Å²) in [5.41, 5.74) is 0.692. The Kier molecular flexibility index (Phi) is 7.74. The number of hydrogen-bond donors (Lipinski definition) is 2. The summed E-state index contributed by atoms with van der Waals surface area (Å²) in [6.07, 6.45) is 1.98. The lowest BCUT2D eigenvalue weighted by Gasteiger charge is -2.24. The zero-order valence-electron chi connectivity index (χ0n) is 11.4. The molecule has 1 aromatic carbocycles. The van der Waals surface area contributed by atoms with Gasteiger partial charge in [-0.2, -0.15) is 0 Å². The van der Waals surface area contributed by atoms with E-state index in [-0.39, 0.29) is 24.4 Å². The first-order chi connectivity index (χ1) is 9.20. The number of benzene rings is 1. The van der Waals surface area contributed by atoms with Crippen molar-refractivity contribution in [3.05, 3.63) is 28.8 Å². The van der Waals surface area contributed by atoms with Crippen molar-refractivity contribution in [1.29, 1.82) is 0 Å². The number of rotatable bonds is 4. The molecule has 0 aliphatic carbocycles. The molecule has 6 heteroatoms. The van der Waals surface area contributed by atoms with Gasteiger partial charge >= 0.3 is 0 Å². The molecule has 2 rings (SSSR count). The van der Waals surface area contributed by atoms with Gasteiger partial charge in [-0.25, -0.2) is 0 Å². The van der Waals surface area contributed by atoms with Gasteiger partial charge in [0.2, 0.25) is 0 Å². The molecular formula is C14H20Cl2N2OS. The summed E-state index contributed by atoms with van der Waals surface area (Å²) in [5, 5.41) is 7.01. The molecule has 1 fully saturated rings. The average Bonchev–Trinajstić information content (AvgIpc) is 2.42. The van der Waals surface area contributed by atoms with Crippen LogP contribution in [0, 0.1) is 0 Å². The van der Waals surface area contributed by atoms with Crippen molar-refractivity contribution in [2.75, 3.05) is 18.8 Å². The van der Waals surface area contributed by atoms with Gasteiger partial charge in [0.1, 0.15) is 0 Å². The summed E-state index contributed by atoms with van der Waals surface area (Å²) >= 11 is 7.67. The number of carbonyl (C=O) groups excluding carboxylic acids is 1. The average molecular weight is 335 g/mol. The van der Waals surface area contributed by atoms with Crippen LogP contribution in [0.2, 0.25) is 5.02 Å². The molecule has 2 N–H and O–H groups in total. The Labute approximate surface area is 135 Å². The molecule has 1 heterocycles. The van der Waals surface area contributed by atoms with Crippen molar-refractivity contribution >= 4 is 41.7 Å². The van der Waals surface area contributed by atoms with Gasteiger partial charge in [-0.1, -0.05) is 18.5 Å². The maximum atomic E-state index is 12.4. The number of nitrogens with one attached hydrogen (secondary N) is 2. The molecule has 1 saturated heterocycles. The van der Waals surface area contributed by atoms with E-state index >= 15 is 0 Å². The van der Waals surface area contributed by atoms with Gasteiger partial charge in [0.25, 0.3) is 5.91 Å². The topological polar surface area (TPSA) is 41.1 Å². The van der Waals surface area contributed by atoms with E-state index in [0.717, 1.165) is 36.6 Å². The van der Waals surface area contributed by atoms with E-state index in [4.69, 9.17) is 11.6 Å². The van der Waals surface area contributed by atoms with E-state index in [0.29, 0.717) is 10.6 Å². The van der Waals surface area contributed by atoms with Crippen LogP contribution in [0.5, 0.6) is 0 Å². The Morgan fingerprint density at radius 1 is 1.45 bits per heavy atom. The van der Waals surface area contributed by atoms with Crippen molar-refractivity contribution < 1.29 is 4.79 Å². The predicted octanol–water partition coefficient (Wildman–Crippen LogP) is 3.36. The van der Waals surface area contributed by atoms with Crippen molar-refractivity contribution in [2.24, 2.45) is 0 Å². The molecule has 20 heavy (non-hydrogen) atoms. The minimum Gasteiger partial charge on any atom is -0.349 e. The lowest BCUT2D eigenvalue weighted by Crippen LogP contribution is -2.42. The van der Waals surface area contributed by atoms with E-state index in [1.807, 2.05) is 12.1 Å². The van der Waals surface area contributed by atoms with E-state index in [1.54, 1.807) is 17.8 Å². The van der Waals surface area contributed by atoms with Crippen LogP contribution in [0.3, 0.4) is 0 Å². The summed E-state index contributed by atoms with van der Waals surface area (Å²) in [5.74, 6) is 0.931. The Morgan fingerprint density at radius 3 is 2.80 bits per heavy atom. The zero-order chi connectivity index (χ0) is 13.7. The lowest BCUT2D eigenvalue weighted by molar-refractivity contribution is 0.0926. The third-order valence-corrected chi connectivity index (χ3v) is 4.35. The second-order valence-corrected chi connectivity index (χ2v) is 6.31. The van der Waals surface area contributed by atoms with Crippen LogP contribution in [0.1, 0.15) is 30.1 Å². The van der Waals surface area contributed by atoms with E-state index < -0.39 is 0 Å². The Balaban J connectivity index is 0.00000200. The largest absolute Gasteiger partial charge is 0.349 e. The van der Waals surface area contributed by atoms with Gasteiger partial charge < -0.3 is 10.6 Å². The molecule has 0 spiro atoms. The van der Waals surface area contributed by atoms with Crippen LogP contribution in [0.4, 0.5) is 0 Å². The number of amides is 1. The molecule has 0 unspecified atom stereocenters. The first-order valence-electron chi connectivity index (χ1n) is 6.64. The van der Waals surface area contributed by atoms with Crippen LogP contribution in [-0.2, 0) is 0 Å². The van der Waals surface area contributed by atoms with Crippen LogP contribution in [0.25, 0.3) is 0 Å². The highest BCUT2D eigenvalue weighted by atomic mass is 35.5. The maximum Gasteiger partial charge on any atom is 0.252 e. The summed E-state index contributed by atoms with van der Waals surface area (Å²) in [4.78, 5) is 13.4. The zero-order valence-corrected chi connectivity index (χ0v) is 13.8. The molecule has 112 valence electrons. The summed E-state index contributed by atoms with van der Waals surface area (Å²) < 4.78 is 0. The molecule has 0 aromatic heterocycles. The van der Waals surface area contributed by atoms with Crippen molar-refractivity contribution in [3.63, 3.8) is 0 Å². The highest BCUT2D eigenvalue weighted by Gasteiger charge is 2.18. The molecular weight excluding hydrogens is 315 g/mol. The third kappa shape index (κ3) is 4.85. The molecule has 0 saturated carbocycles. The van der Waals surface area contributed by atoms with Gasteiger partial charge in [-0.3, -0.25) is 4.79 Å². The molecule has 0 radical (unpaired) electrons. The second-order valence-electron chi connectivity index (χ2n) is 4.57. The molecule has 1 aliphatic rings. The fourth-order valence-electron chi connectivity index (χ4n) is 2.19. The summed E-state index contributed by atoms with van der Waals surface area (Å²) in [7, 11) is 0. The van der Waals surface area contributed by atoms with Crippen molar-refractivity contribution in [1.82, 2.24) is 10.6 Å². The SMILES string of the molecule is CCSc1ccc(Cl)cc1C(=O)NC1CCNCC1.Cl. The first-order valence-corrected chi connectivity index (χ1v) is 8.01. The van der Waals surface area contributed by atoms with Crippen LogP contribution in [-0.4, -0.2) is 30.8 Å². The number of halogens is 2. The quantitative estimate of drug-likeness (QED) is 0.829. The van der Waals surface area contributed by atoms with E-state index in [1.165, 1.54) is 0 Å². The number of hydrogen-bond acceptors (Lipinski definition) is 3. The van der Waals surface area contributed by atoms with Gasteiger partial charge in [0, 0.05) is 16.0 Å². The minimum atomic E-state index is -0.00894. The van der Waals surface area contributed by atoms with Gasteiger partial charge in [-0.15, -0.1) is 24.2 Å². The Hall–Kier alpha value is -0.420. The number of piperidine rings is 1. The predicted molar refractivity (Wildman–Crippen MR) is 88.5 cm³/mol.